The predicted molar refractivity (Wildman–Crippen MR) is 130 cm³/mol. The Kier molecular flexibility index (Phi) is 6.71. The minimum atomic E-state index is -3.52. The molecule has 0 bridgehead atoms. The van der Waals surface area contributed by atoms with Crippen LogP contribution in [0.2, 0.25) is 0 Å². The third-order valence-corrected chi connectivity index (χ3v) is 6.53. The normalized spacial score (nSPS) is 11.8. The molecular weight excluding hydrogens is 454 g/mol. The molecule has 0 saturated carbocycles. The molecule has 2 aromatic carbocycles. The van der Waals surface area contributed by atoms with Crippen LogP contribution in [-0.4, -0.2) is 35.1 Å². The Morgan fingerprint density at radius 2 is 1.85 bits per heavy atom. The van der Waals surface area contributed by atoms with Gasteiger partial charge >= 0.3 is 5.69 Å². The number of nitrogens with one attached hydrogen (secondary N) is 2. The zero-order chi connectivity index (χ0) is 24.1. The SMILES string of the molecule is CCNS(=O)(=O)c1ccc(C=CC(=O)Nc2cccc(Cn3nc4ccccn4c3=O)c2)cc1. The van der Waals surface area contributed by atoms with E-state index in [2.05, 4.69) is 15.1 Å². The van der Waals surface area contributed by atoms with E-state index in [1.165, 1.54) is 27.3 Å². The Morgan fingerprint density at radius 1 is 1.06 bits per heavy atom. The molecule has 0 atom stereocenters. The van der Waals surface area contributed by atoms with E-state index in [1.54, 1.807) is 61.7 Å². The molecule has 2 N–H and O–H groups in total. The maximum atomic E-state index is 12.5. The quantitative estimate of drug-likeness (QED) is 0.379. The molecule has 0 fully saturated rings. The summed E-state index contributed by atoms with van der Waals surface area (Å²) in [6.45, 7) is 2.28. The Labute approximate surface area is 196 Å². The molecule has 0 aliphatic heterocycles. The fraction of sp³-hybridized carbons (Fsp3) is 0.125. The molecule has 0 radical (unpaired) electrons. The molecule has 4 aromatic rings. The van der Waals surface area contributed by atoms with E-state index in [-0.39, 0.29) is 23.0 Å². The van der Waals surface area contributed by atoms with E-state index in [4.69, 9.17) is 0 Å². The zero-order valence-electron chi connectivity index (χ0n) is 18.4. The minimum absolute atomic E-state index is 0.164. The third-order valence-electron chi connectivity index (χ3n) is 4.97. The van der Waals surface area contributed by atoms with Gasteiger partial charge in [-0.3, -0.25) is 9.20 Å². The highest BCUT2D eigenvalue weighted by atomic mass is 32.2. The second-order valence-corrected chi connectivity index (χ2v) is 9.23. The van der Waals surface area contributed by atoms with Crippen LogP contribution in [0.15, 0.2) is 88.7 Å². The molecular formula is C24H23N5O4S. The number of benzene rings is 2. The highest BCUT2D eigenvalue weighted by Crippen LogP contribution is 2.14. The van der Waals surface area contributed by atoms with Crippen LogP contribution in [0.25, 0.3) is 11.7 Å². The molecule has 0 aliphatic carbocycles. The van der Waals surface area contributed by atoms with Crippen molar-refractivity contribution in [2.75, 3.05) is 11.9 Å². The average molecular weight is 478 g/mol. The largest absolute Gasteiger partial charge is 0.350 e. The third kappa shape index (κ3) is 5.30. The van der Waals surface area contributed by atoms with Crippen molar-refractivity contribution < 1.29 is 13.2 Å². The number of hydrogen-bond acceptors (Lipinski definition) is 5. The van der Waals surface area contributed by atoms with Crippen molar-refractivity contribution in [3.63, 3.8) is 0 Å². The van der Waals surface area contributed by atoms with E-state index in [9.17, 15) is 18.0 Å². The predicted octanol–water partition coefficient (Wildman–Crippen LogP) is 2.49. The van der Waals surface area contributed by atoms with Crippen molar-refractivity contribution in [3.8, 4) is 0 Å². The lowest BCUT2D eigenvalue weighted by molar-refractivity contribution is -0.111. The first kappa shape index (κ1) is 23.1. The lowest BCUT2D eigenvalue weighted by atomic mass is 10.2. The summed E-state index contributed by atoms with van der Waals surface area (Å²) < 4.78 is 29.3. The summed E-state index contributed by atoms with van der Waals surface area (Å²) >= 11 is 0. The number of anilines is 1. The van der Waals surface area contributed by atoms with Crippen LogP contribution in [-0.2, 0) is 21.4 Å². The molecule has 10 heteroatoms. The van der Waals surface area contributed by atoms with Gasteiger partial charge in [-0.2, -0.15) is 0 Å². The van der Waals surface area contributed by atoms with Gasteiger partial charge in [0.05, 0.1) is 11.4 Å². The van der Waals surface area contributed by atoms with E-state index >= 15 is 0 Å². The molecule has 4 rings (SSSR count). The number of hydrogen-bond donors (Lipinski definition) is 2. The number of rotatable bonds is 8. The number of pyridine rings is 1. The summed E-state index contributed by atoms with van der Waals surface area (Å²) in [6.07, 6.45) is 4.63. The van der Waals surface area contributed by atoms with Gasteiger partial charge in [0, 0.05) is 24.5 Å². The highest BCUT2D eigenvalue weighted by Gasteiger charge is 2.11. The van der Waals surface area contributed by atoms with Crippen molar-refractivity contribution in [3.05, 3.63) is 101 Å². The molecule has 9 nitrogen and oxygen atoms in total. The second-order valence-electron chi connectivity index (χ2n) is 7.46. The maximum absolute atomic E-state index is 12.5. The first-order chi connectivity index (χ1) is 16.4. The van der Waals surface area contributed by atoms with Gasteiger partial charge in [-0.25, -0.2) is 22.6 Å². The molecule has 0 spiro atoms. The topological polar surface area (TPSA) is 115 Å². The van der Waals surface area contributed by atoms with Gasteiger partial charge in [0.1, 0.15) is 0 Å². The summed E-state index contributed by atoms with van der Waals surface area (Å²) in [6, 6.07) is 18.7. The van der Waals surface area contributed by atoms with Gasteiger partial charge in [0.15, 0.2) is 5.65 Å². The maximum Gasteiger partial charge on any atom is 0.350 e. The Bertz CT molecular complexity index is 1520. The summed E-state index contributed by atoms with van der Waals surface area (Å²) in [5.41, 5.74) is 2.40. The molecule has 0 aliphatic rings. The minimum Gasteiger partial charge on any atom is -0.323 e. The van der Waals surface area contributed by atoms with Crippen LogP contribution in [0.1, 0.15) is 18.1 Å². The first-order valence-corrected chi connectivity index (χ1v) is 12.1. The number of amides is 1. The smallest absolute Gasteiger partial charge is 0.323 e. The zero-order valence-corrected chi connectivity index (χ0v) is 19.2. The molecule has 0 unspecified atom stereocenters. The monoisotopic (exact) mass is 477 g/mol. The van der Waals surface area contributed by atoms with Gasteiger partial charge in [-0.05, 0) is 53.6 Å². The highest BCUT2D eigenvalue weighted by molar-refractivity contribution is 7.89. The summed E-state index contributed by atoms with van der Waals surface area (Å²) in [5.74, 6) is -0.341. The van der Waals surface area contributed by atoms with E-state index in [1.807, 2.05) is 12.1 Å². The standard InChI is InChI=1S/C24H23N5O4S/c1-2-25-34(32,33)21-12-9-18(10-13-21)11-14-23(30)26-20-7-5-6-19(16-20)17-29-24(31)28-15-4-3-8-22(28)27-29/h3-16,25H,2,17H2,1H3,(H,26,30). The van der Waals surface area contributed by atoms with E-state index < -0.39 is 10.0 Å². The van der Waals surface area contributed by atoms with Gasteiger partial charge < -0.3 is 5.32 Å². The van der Waals surface area contributed by atoms with Crippen molar-refractivity contribution in [2.24, 2.45) is 0 Å². The van der Waals surface area contributed by atoms with Crippen molar-refractivity contribution >= 4 is 33.3 Å². The Morgan fingerprint density at radius 3 is 2.59 bits per heavy atom. The number of carbonyl (C=O) groups is 1. The number of aromatic nitrogens is 3. The van der Waals surface area contributed by atoms with Crippen LogP contribution in [0.5, 0.6) is 0 Å². The van der Waals surface area contributed by atoms with Crippen LogP contribution in [0, 0.1) is 0 Å². The summed E-state index contributed by atoms with van der Waals surface area (Å²) in [5, 5.41) is 7.11. The first-order valence-electron chi connectivity index (χ1n) is 10.6. The van der Waals surface area contributed by atoms with Crippen molar-refractivity contribution in [2.45, 2.75) is 18.4 Å². The van der Waals surface area contributed by atoms with Crippen LogP contribution in [0.3, 0.4) is 0 Å². The van der Waals surface area contributed by atoms with Gasteiger partial charge in [0.2, 0.25) is 15.9 Å². The summed E-state index contributed by atoms with van der Waals surface area (Å²) in [7, 11) is -3.52. The average Bonchev–Trinajstić information content (AvgIpc) is 3.13. The molecule has 2 aromatic heterocycles. The Balaban J connectivity index is 1.41. The lowest BCUT2D eigenvalue weighted by Crippen LogP contribution is -2.22. The van der Waals surface area contributed by atoms with Gasteiger partial charge in [0.25, 0.3) is 0 Å². The molecule has 2 heterocycles. The van der Waals surface area contributed by atoms with Gasteiger partial charge in [-0.15, -0.1) is 5.10 Å². The molecule has 1 amide bonds. The van der Waals surface area contributed by atoms with E-state index in [0.29, 0.717) is 23.4 Å². The van der Waals surface area contributed by atoms with Crippen molar-refractivity contribution in [1.29, 1.82) is 0 Å². The summed E-state index contributed by atoms with van der Waals surface area (Å²) in [4.78, 5) is 25.0. The van der Waals surface area contributed by atoms with Crippen LogP contribution < -0.4 is 15.7 Å². The fourth-order valence-electron chi connectivity index (χ4n) is 3.38. The lowest BCUT2D eigenvalue weighted by Gasteiger charge is -2.06. The second kappa shape index (κ2) is 9.86. The Hall–Kier alpha value is -4.02. The fourth-order valence-corrected chi connectivity index (χ4v) is 4.42. The number of fused-ring (bicyclic) bond motifs is 1. The number of nitrogens with zero attached hydrogens (tertiary/aromatic N) is 3. The molecule has 0 saturated heterocycles. The molecule has 174 valence electrons. The number of sulfonamides is 1. The van der Waals surface area contributed by atoms with E-state index in [0.717, 1.165) is 5.56 Å². The van der Waals surface area contributed by atoms with Gasteiger partial charge in [-0.1, -0.05) is 37.3 Å². The van der Waals surface area contributed by atoms with Crippen LogP contribution in [0.4, 0.5) is 5.69 Å². The molecule has 34 heavy (non-hydrogen) atoms. The number of carbonyl (C=O) groups excluding carboxylic acids is 1. The van der Waals surface area contributed by atoms with Crippen molar-refractivity contribution in [1.82, 2.24) is 18.9 Å². The van der Waals surface area contributed by atoms with Crippen LogP contribution >= 0.6 is 0 Å².